The van der Waals surface area contributed by atoms with E-state index in [1.54, 1.807) is 0 Å². The van der Waals surface area contributed by atoms with Crippen molar-refractivity contribution in [3.63, 3.8) is 0 Å². The Morgan fingerprint density at radius 3 is 2.79 bits per heavy atom. The summed E-state index contributed by atoms with van der Waals surface area (Å²) in [7, 11) is 0. The molecular formula is C11H20O3. The molecule has 0 radical (unpaired) electrons. The normalized spacial score (nSPS) is 27.4. The van der Waals surface area contributed by atoms with Crippen LogP contribution < -0.4 is 0 Å². The molecule has 2 atom stereocenters. The van der Waals surface area contributed by atoms with Crippen LogP contribution in [0.15, 0.2) is 0 Å². The van der Waals surface area contributed by atoms with Gasteiger partial charge in [-0.3, -0.25) is 4.79 Å². The molecule has 0 spiro atoms. The topological polar surface area (TPSA) is 35.5 Å². The fourth-order valence-corrected chi connectivity index (χ4v) is 1.63. The predicted molar refractivity (Wildman–Crippen MR) is 53.8 cm³/mol. The van der Waals surface area contributed by atoms with Gasteiger partial charge in [0.15, 0.2) is 0 Å². The molecule has 0 saturated carbocycles. The summed E-state index contributed by atoms with van der Waals surface area (Å²) < 4.78 is 10.6. The zero-order valence-corrected chi connectivity index (χ0v) is 9.12. The number of carbonyl (C=O) groups is 1. The van der Waals surface area contributed by atoms with E-state index in [0.29, 0.717) is 6.42 Å². The lowest BCUT2D eigenvalue weighted by Gasteiger charge is -2.27. The molecule has 3 nitrogen and oxygen atoms in total. The van der Waals surface area contributed by atoms with Gasteiger partial charge in [-0.05, 0) is 13.3 Å². The summed E-state index contributed by atoms with van der Waals surface area (Å²) in [6.45, 7) is 4.10. The Labute approximate surface area is 85.8 Å². The molecule has 3 heteroatoms. The van der Waals surface area contributed by atoms with E-state index in [2.05, 4.69) is 6.92 Å². The van der Waals surface area contributed by atoms with Crippen molar-refractivity contribution >= 4 is 5.97 Å². The van der Waals surface area contributed by atoms with E-state index < -0.39 is 0 Å². The summed E-state index contributed by atoms with van der Waals surface area (Å²) in [6.07, 6.45) is 5.72. The van der Waals surface area contributed by atoms with Crippen LogP contribution >= 0.6 is 0 Å². The van der Waals surface area contributed by atoms with Gasteiger partial charge in [0, 0.05) is 6.42 Å². The number of hydrogen-bond donors (Lipinski definition) is 0. The molecule has 0 aromatic carbocycles. The average Bonchev–Trinajstić information content (AvgIpc) is 2.11. The van der Waals surface area contributed by atoms with Gasteiger partial charge in [0.25, 0.3) is 0 Å². The predicted octanol–water partition coefficient (Wildman–Crippen LogP) is 2.63. The van der Waals surface area contributed by atoms with Crippen LogP contribution in [0.3, 0.4) is 0 Å². The Kier molecular flexibility index (Phi) is 4.94. The first-order chi connectivity index (χ1) is 6.72. The molecule has 1 rings (SSSR count). The Bertz CT molecular complexity index is 179. The van der Waals surface area contributed by atoms with Crippen LogP contribution in [0.5, 0.6) is 0 Å². The molecular weight excluding hydrogens is 180 g/mol. The summed E-state index contributed by atoms with van der Waals surface area (Å²) >= 11 is 0. The average molecular weight is 200 g/mol. The summed E-state index contributed by atoms with van der Waals surface area (Å²) in [5, 5.41) is 0. The zero-order valence-electron chi connectivity index (χ0n) is 9.12. The quantitative estimate of drug-likeness (QED) is 0.505. The minimum Gasteiger partial charge on any atom is -0.436 e. The van der Waals surface area contributed by atoms with E-state index >= 15 is 0 Å². The van der Waals surface area contributed by atoms with Crippen LogP contribution in [0.1, 0.15) is 52.4 Å². The Morgan fingerprint density at radius 1 is 1.36 bits per heavy atom. The third kappa shape index (κ3) is 4.09. The molecule has 0 bridgehead atoms. The van der Waals surface area contributed by atoms with E-state index in [1.165, 1.54) is 19.3 Å². The smallest absolute Gasteiger partial charge is 0.310 e. The number of esters is 1. The van der Waals surface area contributed by atoms with E-state index in [-0.39, 0.29) is 18.4 Å². The number of unbranched alkanes of at least 4 members (excludes halogenated alkanes) is 3. The first-order valence-electron chi connectivity index (χ1n) is 5.57. The van der Waals surface area contributed by atoms with Crippen LogP contribution in [0.25, 0.3) is 0 Å². The maximum Gasteiger partial charge on any atom is 0.310 e. The first kappa shape index (κ1) is 11.5. The standard InChI is InChI=1S/C11H20O3/c1-3-4-5-6-7-11-13-9(2)8-10(12)14-11/h9,11H,3-8H2,1-2H3/t9-,11-/m0/s1. The number of carbonyl (C=O) groups excluding carboxylic acids is 1. The minimum absolute atomic E-state index is 0.0208. The van der Waals surface area contributed by atoms with Crippen molar-refractivity contribution in [2.45, 2.75) is 64.8 Å². The van der Waals surface area contributed by atoms with Crippen LogP contribution in [0.4, 0.5) is 0 Å². The van der Waals surface area contributed by atoms with Crippen molar-refractivity contribution in [1.82, 2.24) is 0 Å². The van der Waals surface area contributed by atoms with Crippen LogP contribution in [0.2, 0.25) is 0 Å². The molecule has 14 heavy (non-hydrogen) atoms. The number of cyclic esters (lactones) is 1. The largest absolute Gasteiger partial charge is 0.436 e. The van der Waals surface area contributed by atoms with Gasteiger partial charge in [-0.2, -0.15) is 0 Å². The van der Waals surface area contributed by atoms with Gasteiger partial charge in [-0.25, -0.2) is 0 Å². The summed E-state index contributed by atoms with van der Waals surface area (Å²) in [4.78, 5) is 11.1. The molecule has 1 heterocycles. The summed E-state index contributed by atoms with van der Waals surface area (Å²) in [5.41, 5.74) is 0. The molecule has 0 aromatic heterocycles. The molecule has 0 aliphatic carbocycles. The molecule has 1 fully saturated rings. The van der Waals surface area contributed by atoms with Gasteiger partial charge in [0.05, 0.1) is 12.5 Å². The third-order valence-electron chi connectivity index (χ3n) is 2.39. The van der Waals surface area contributed by atoms with Crippen LogP contribution in [0, 0.1) is 0 Å². The maximum absolute atomic E-state index is 11.1. The van der Waals surface area contributed by atoms with Crippen LogP contribution in [-0.4, -0.2) is 18.4 Å². The molecule has 1 aliphatic heterocycles. The van der Waals surface area contributed by atoms with Gasteiger partial charge >= 0.3 is 5.97 Å². The highest BCUT2D eigenvalue weighted by Crippen LogP contribution is 2.18. The minimum atomic E-state index is -0.289. The van der Waals surface area contributed by atoms with Crippen molar-refractivity contribution in [2.75, 3.05) is 0 Å². The Hall–Kier alpha value is -0.570. The maximum atomic E-state index is 11.1. The number of hydrogen-bond acceptors (Lipinski definition) is 3. The highest BCUT2D eigenvalue weighted by molar-refractivity contribution is 5.70. The van der Waals surface area contributed by atoms with Gasteiger partial charge in [0.2, 0.25) is 6.29 Å². The van der Waals surface area contributed by atoms with E-state index in [0.717, 1.165) is 12.8 Å². The molecule has 1 aliphatic rings. The number of rotatable bonds is 5. The molecule has 0 unspecified atom stereocenters. The third-order valence-corrected chi connectivity index (χ3v) is 2.39. The second-order valence-corrected chi connectivity index (χ2v) is 3.92. The van der Waals surface area contributed by atoms with Crippen molar-refractivity contribution in [2.24, 2.45) is 0 Å². The lowest BCUT2D eigenvalue weighted by atomic mass is 10.1. The fourth-order valence-electron chi connectivity index (χ4n) is 1.63. The van der Waals surface area contributed by atoms with Gasteiger partial charge < -0.3 is 9.47 Å². The van der Waals surface area contributed by atoms with Crippen molar-refractivity contribution in [3.05, 3.63) is 0 Å². The van der Waals surface area contributed by atoms with Crippen molar-refractivity contribution in [3.8, 4) is 0 Å². The molecule has 0 aromatic rings. The molecule has 0 N–H and O–H groups in total. The lowest BCUT2D eigenvalue weighted by Crippen LogP contribution is -2.33. The van der Waals surface area contributed by atoms with Gasteiger partial charge in [-0.15, -0.1) is 0 Å². The highest BCUT2D eigenvalue weighted by atomic mass is 16.7. The fraction of sp³-hybridized carbons (Fsp3) is 0.909. The van der Waals surface area contributed by atoms with E-state index in [9.17, 15) is 4.79 Å². The molecule has 0 amide bonds. The summed E-state index contributed by atoms with van der Waals surface area (Å²) in [6, 6.07) is 0. The number of ether oxygens (including phenoxy) is 2. The van der Waals surface area contributed by atoms with Gasteiger partial charge in [-0.1, -0.05) is 26.2 Å². The Morgan fingerprint density at radius 2 is 2.14 bits per heavy atom. The van der Waals surface area contributed by atoms with E-state index in [4.69, 9.17) is 9.47 Å². The second-order valence-electron chi connectivity index (χ2n) is 3.92. The van der Waals surface area contributed by atoms with Crippen LogP contribution in [-0.2, 0) is 14.3 Å². The highest BCUT2D eigenvalue weighted by Gasteiger charge is 2.25. The monoisotopic (exact) mass is 200 g/mol. The SMILES string of the molecule is CCCCCC[C@@H]1OC(=O)C[C@H](C)O1. The Balaban J connectivity index is 2.14. The van der Waals surface area contributed by atoms with Crippen molar-refractivity contribution in [1.29, 1.82) is 0 Å². The second kappa shape index (κ2) is 6.02. The van der Waals surface area contributed by atoms with E-state index in [1.807, 2.05) is 6.92 Å². The van der Waals surface area contributed by atoms with Gasteiger partial charge in [0.1, 0.15) is 0 Å². The molecule has 1 saturated heterocycles. The summed E-state index contributed by atoms with van der Waals surface area (Å²) in [5.74, 6) is -0.121. The van der Waals surface area contributed by atoms with Crippen molar-refractivity contribution < 1.29 is 14.3 Å². The lowest BCUT2D eigenvalue weighted by molar-refractivity contribution is -0.214. The zero-order chi connectivity index (χ0) is 10.4. The molecule has 82 valence electrons. The first-order valence-corrected chi connectivity index (χ1v) is 5.57.